The molecule has 4 nitrogen and oxygen atoms in total. The molecule has 3 aliphatic carbocycles. The second kappa shape index (κ2) is 5.57. The topological polar surface area (TPSA) is 30.7 Å². The van der Waals surface area contributed by atoms with Gasteiger partial charge in [-0.05, 0) is 48.9 Å². The highest BCUT2D eigenvalue weighted by Crippen LogP contribution is 2.64. The zero-order valence-electron chi connectivity index (χ0n) is 16.3. The van der Waals surface area contributed by atoms with Gasteiger partial charge >= 0.3 is 0 Å². The van der Waals surface area contributed by atoms with Crippen LogP contribution in [0.3, 0.4) is 0 Å². The SMILES string of the molecule is COc1ccc2c(c1)C13CC[N+](CC4CC4)=CC1(CCC1(C3)OCCO1)C2. The van der Waals surface area contributed by atoms with Gasteiger partial charge in [0.05, 0.1) is 25.7 Å². The Morgan fingerprint density at radius 3 is 2.78 bits per heavy atom. The Hall–Kier alpha value is -1.39. The van der Waals surface area contributed by atoms with Gasteiger partial charge in [0.1, 0.15) is 25.1 Å². The zero-order chi connectivity index (χ0) is 18.1. The Balaban J connectivity index is 1.48. The average Bonchev–Trinajstić information content (AvgIpc) is 3.30. The monoisotopic (exact) mass is 368 g/mol. The van der Waals surface area contributed by atoms with Crippen molar-refractivity contribution >= 4 is 6.21 Å². The van der Waals surface area contributed by atoms with E-state index in [9.17, 15) is 0 Å². The first kappa shape index (κ1) is 16.6. The van der Waals surface area contributed by atoms with E-state index in [1.165, 1.54) is 36.9 Å². The Labute approximate surface area is 161 Å². The number of hydrogen-bond acceptors (Lipinski definition) is 3. The lowest BCUT2D eigenvalue weighted by molar-refractivity contribution is -0.540. The molecule has 2 aliphatic heterocycles. The van der Waals surface area contributed by atoms with Gasteiger partial charge in [-0.3, -0.25) is 0 Å². The van der Waals surface area contributed by atoms with Crippen LogP contribution >= 0.6 is 0 Å². The van der Waals surface area contributed by atoms with Crippen LogP contribution in [-0.2, 0) is 21.3 Å². The maximum absolute atomic E-state index is 6.22. The minimum Gasteiger partial charge on any atom is -0.497 e. The lowest BCUT2D eigenvalue weighted by Gasteiger charge is -2.53. The van der Waals surface area contributed by atoms with Crippen molar-refractivity contribution in [3.05, 3.63) is 29.3 Å². The molecule has 2 saturated carbocycles. The molecular weight excluding hydrogens is 338 g/mol. The molecule has 5 aliphatic rings. The summed E-state index contributed by atoms with van der Waals surface area (Å²) in [7, 11) is 1.78. The third-order valence-corrected chi connectivity index (χ3v) is 8.07. The van der Waals surface area contributed by atoms with Gasteiger partial charge in [0.15, 0.2) is 5.79 Å². The van der Waals surface area contributed by atoms with Crippen molar-refractivity contribution in [1.82, 2.24) is 0 Å². The first-order chi connectivity index (χ1) is 13.2. The van der Waals surface area contributed by atoms with Gasteiger partial charge in [0, 0.05) is 30.6 Å². The summed E-state index contributed by atoms with van der Waals surface area (Å²) in [6.45, 7) is 3.90. The molecule has 3 fully saturated rings. The Bertz CT molecular complexity index is 808. The van der Waals surface area contributed by atoms with Crippen LogP contribution in [0.4, 0.5) is 0 Å². The second-order valence-corrected chi connectivity index (χ2v) is 9.54. The van der Waals surface area contributed by atoms with Crippen molar-refractivity contribution in [2.75, 3.05) is 33.4 Å². The summed E-state index contributed by atoms with van der Waals surface area (Å²) in [6.07, 6.45) is 11.0. The Kier molecular flexibility index (Phi) is 3.42. The van der Waals surface area contributed by atoms with Crippen molar-refractivity contribution in [2.24, 2.45) is 11.3 Å². The number of benzene rings is 1. The number of nitrogens with zero attached hydrogens (tertiary/aromatic N) is 1. The smallest absolute Gasteiger partial charge is 0.169 e. The number of fused-ring (bicyclic) bond motifs is 1. The van der Waals surface area contributed by atoms with E-state index in [-0.39, 0.29) is 16.6 Å². The molecule has 6 rings (SSSR count). The van der Waals surface area contributed by atoms with Crippen LogP contribution in [0.15, 0.2) is 18.2 Å². The van der Waals surface area contributed by atoms with E-state index in [1.54, 1.807) is 7.11 Å². The fourth-order valence-electron chi connectivity index (χ4n) is 6.59. The summed E-state index contributed by atoms with van der Waals surface area (Å²) < 4.78 is 20.7. The van der Waals surface area contributed by atoms with Gasteiger partial charge in [0.2, 0.25) is 0 Å². The van der Waals surface area contributed by atoms with E-state index in [0.29, 0.717) is 0 Å². The van der Waals surface area contributed by atoms with Crippen molar-refractivity contribution in [1.29, 1.82) is 0 Å². The van der Waals surface area contributed by atoms with Gasteiger partial charge in [0.25, 0.3) is 0 Å². The van der Waals surface area contributed by atoms with Crippen molar-refractivity contribution in [3.8, 4) is 5.75 Å². The van der Waals surface area contributed by atoms with E-state index in [4.69, 9.17) is 14.2 Å². The number of rotatable bonds is 3. The molecule has 27 heavy (non-hydrogen) atoms. The highest BCUT2D eigenvalue weighted by Gasteiger charge is 2.67. The Morgan fingerprint density at radius 2 is 2.00 bits per heavy atom. The van der Waals surface area contributed by atoms with Crippen molar-refractivity contribution in [2.45, 2.75) is 56.1 Å². The van der Waals surface area contributed by atoms with Crippen LogP contribution in [0.25, 0.3) is 0 Å². The summed E-state index contributed by atoms with van der Waals surface area (Å²) in [6, 6.07) is 6.76. The largest absolute Gasteiger partial charge is 0.497 e. The molecule has 2 atom stereocenters. The third kappa shape index (κ3) is 2.32. The molecule has 0 radical (unpaired) electrons. The molecule has 0 amide bonds. The fraction of sp³-hybridized carbons (Fsp3) is 0.696. The summed E-state index contributed by atoms with van der Waals surface area (Å²) in [4.78, 5) is 0. The highest BCUT2D eigenvalue weighted by atomic mass is 16.7. The molecule has 1 aromatic carbocycles. The van der Waals surface area contributed by atoms with E-state index >= 15 is 0 Å². The highest BCUT2D eigenvalue weighted by molar-refractivity contribution is 5.71. The van der Waals surface area contributed by atoms with Gasteiger partial charge in [-0.1, -0.05) is 6.07 Å². The normalized spacial score (nSPS) is 36.1. The van der Waals surface area contributed by atoms with Crippen LogP contribution in [-0.4, -0.2) is 50.0 Å². The van der Waals surface area contributed by atoms with E-state index in [2.05, 4.69) is 29.0 Å². The fourth-order valence-corrected chi connectivity index (χ4v) is 6.59. The lowest BCUT2D eigenvalue weighted by atomic mass is 9.53. The van der Waals surface area contributed by atoms with Crippen molar-refractivity contribution < 1.29 is 18.8 Å². The third-order valence-electron chi connectivity index (χ3n) is 8.07. The van der Waals surface area contributed by atoms with Crippen LogP contribution in [0.2, 0.25) is 0 Å². The van der Waals surface area contributed by atoms with Crippen LogP contribution < -0.4 is 4.74 Å². The van der Waals surface area contributed by atoms with E-state index in [0.717, 1.165) is 57.1 Å². The molecule has 2 heterocycles. The molecule has 4 heteroatoms. The summed E-state index contributed by atoms with van der Waals surface area (Å²) in [5, 5.41) is 0. The maximum Gasteiger partial charge on any atom is 0.169 e. The predicted molar refractivity (Wildman–Crippen MR) is 103 cm³/mol. The van der Waals surface area contributed by atoms with E-state index in [1.807, 2.05) is 0 Å². The Morgan fingerprint density at radius 1 is 1.15 bits per heavy atom. The van der Waals surface area contributed by atoms with Crippen molar-refractivity contribution in [3.63, 3.8) is 0 Å². The molecule has 2 unspecified atom stereocenters. The quantitative estimate of drug-likeness (QED) is 0.767. The van der Waals surface area contributed by atoms with Crippen LogP contribution in [0, 0.1) is 11.3 Å². The number of ether oxygens (including phenoxy) is 3. The lowest BCUT2D eigenvalue weighted by Crippen LogP contribution is -2.59. The number of hydrogen-bond donors (Lipinski definition) is 0. The zero-order valence-corrected chi connectivity index (χ0v) is 16.3. The van der Waals surface area contributed by atoms with E-state index < -0.39 is 0 Å². The van der Waals surface area contributed by atoms with Gasteiger partial charge in [-0.25, -0.2) is 4.58 Å². The first-order valence-electron chi connectivity index (χ1n) is 10.7. The van der Waals surface area contributed by atoms with Crippen LogP contribution in [0.5, 0.6) is 5.75 Å². The standard InChI is InChI=1S/C23H30NO3/c1-25-19-5-4-18-13-21-6-7-23(26-10-11-27-23)15-22(21,20(18)12-19)8-9-24(16-21)14-17-2-3-17/h4-5,12,16-17H,2-3,6-11,13-15H2,1H3/q+1. The maximum atomic E-state index is 6.22. The molecule has 0 aromatic heterocycles. The molecule has 144 valence electrons. The molecular formula is C23H30NO3+. The van der Waals surface area contributed by atoms with Gasteiger partial charge in [-0.15, -0.1) is 0 Å². The molecule has 1 spiro atoms. The minimum absolute atomic E-state index is 0.125. The summed E-state index contributed by atoms with van der Waals surface area (Å²) in [5.41, 5.74) is 3.35. The van der Waals surface area contributed by atoms with Gasteiger partial charge < -0.3 is 14.2 Å². The average molecular weight is 368 g/mol. The summed E-state index contributed by atoms with van der Waals surface area (Å²) >= 11 is 0. The van der Waals surface area contributed by atoms with Crippen LogP contribution in [0.1, 0.15) is 49.7 Å². The molecule has 1 saturated heterocycles. The predicted octanol–water partition coefficient (Wildman–Crippen LogP) is 3.30. The molecule has 0 N–H and O–H groups in total. The first-order valence-corrected chi connectivity index (χ1v) is 10.7. The second-order valence-electron chi connectivity index (χ2n) is 9.54. The van der Waals surface area contributed by atoms with Gasteiger partial charge in [-0.2, -0.15) is 0 Å². The molecule has 0 bridgehead atoms. The minimum atomic E-state index is -0.360. The number of methoxy groups -OCH3 is 1. The summed E-state index contributed by atoms with van der Waals surface area (Å²) in [5.74, 6) is 1.55. The molecule has 1 aromatic rings.